The van der Waals surface area contributed by atoms with Gasteiger partial charge in [0.25, 0.3) is 0 Å². The summed E-state index contributed by atoms with van der Waals surface area (Å²) in [5.41, 5.74) is 7.77. The highest BCUT2D eigenvalue weighted by atomic mass is 15.2. The molecule has 0 saturated heterocycles. The van der Waals surface area contributed by atoms with E-state index < -0.39 is 0 Å². The first-order valence-electron chi connectivity index (χ1n) is 13.7. The topological polar surface area (TPSA) is 54.6 Å². The first-order chi connectivity index (χ1) is 18.8. The summed E-state index contributed by atoms with van der Waals surface area (Å²) in [7, 11) is 0. The molecule has 4 aliphatic heterocycles. The molecule has 4 heterocycles. The lowest BCUT2D eigenvalue weighted by Crippen LogP contribution is -2.36. The molecule has 0 unspecified atom stereocenters. The van der Waals surface area contributed by atoms with Crippen molar-refractivity contribution in [1.29, 1.82) is 0 Å². The van der Waals surface area contributed by atoms with Crippen LogP contribution in [0.1, 0.15) is 11.1 Å². The van der Waals surface area contributed by atoms with Gasteiger partial charge in [0.15, 0.2) is 0 Å². The third kappa shape index (κ3) is 8.13. The van der Waals surface area contributed by atoms with Crippen LogP contribution in [0.15, 0.2) is 120 Å². The van der Waals surface area contributed by atoms with Gasteiger partial charge < -0.3 is 21.3 Å². The number of allylic oxidation sites excluding steroid dienone is 8. The molecule has 0 fully saturated rings. The largest absolute Gasteiger partial charge is 0.384 e. The van der Waals surface area contributed by atoms with Crippen molar-refractivity contribution >= 4 is 0 Å². The van der Waals surface area contributed by atoms with E-state index in [0.717, 1.165) is 65.4 Å². The predicted octanol–water partition coefficient (Wildman–Crippen LogP) is 3.46. The van der Waals surface area contributed by atoms with Crippen LogP contribution in [-0.2, 0) is 13.1 Å². The number of nitrogens with one attached hydrogen (secondary N) is 4. The third-order valence-corrected chi connectivity index (χ3v) is 6.90. The van der Waals surface area contributed by atoms with Gasteiger partial charge in [-0.25, -0.2) is 0 Å². The maximum absolute atomic E-state index is 3.53. The highest BCUT2D eigenvalue weighted by Gasteiger charge is 2.15. The number of nitrogens with zero attached hydrogens (tertiary/aromatic N) is 2. The molecule has 0 radical (unpaired) electrons. The second kappa shape index (κ2) is 13.7. The number of hydrogen-bond acceptors (Lipinski definition) is 6. The van der Waals surface area contributed by atoms with Crippen molar-refractivity contribution < 1.29 is 0 Å². The Morgan fingerprint density at radius 3 is 1.11 bits per heavy atom. The van der Waals surface area contributed by atoms with Gasteiger partial charge in [0.1, 0.15) is 0 Å². The van der Waals surface area contributed by atoms with Crippen LogP contribution in [0, 0.1) is 0 Å². The fraction of sp³-hybridized carbons (Fsp3) is 0.312. The normalized spacial score (nSPS) is 18.2. The molecule has 1 aromatic rings. The lowest BCUT2D eigenvalue weighted by molar-refractivity contribution is 0.297. The van der Waals surface area contributed by atoms with Gasteiger partial charge in [-0.05, 0) is 35.4 Å². The van der Waals surface area contributed by atoms with Crippen molar-refractivity contribution in [2.45, 2.75) is 13.1 Å². The Balaban J connectivity index is 1.29. The Bertz CT molecular complexity index is 1040. The fourth-order valence-electron chi connectivity index (χ4n) is 5.08. The first-order valence-corrected chi connectivity index (χ1v) is 13.7. The van der Waals surface area contributed by atoms with Crippen molar-refractivity contribution in [2.24, 2.45) is 0 Å². The standard InChI is InChI=1S/C32H40N6/c1-5-16-33-29(12-1)23-37(24-30-13-2-6-17-34-30)21-27-10-9-11-28(20-27)22-38(25-31-14-3-7-18-35-31)26-32-15-4-8-19-36-32/h1-15,20,33-36H,16-19,21-26H2. The van der Waals surface area contributed by atoms with Crippen LogP contribution in [0.25, 0.3) is 0 Å². The lowest BCUT2D eigenvalue weighted by atomic mass is 10.1. The lowest BCUT2D eigenvalue weighted by Gasteiger charge is -2.28. The van der Waals surface area contributed by atoms with E-state index >= 15 is 0 Å². The van der Waals surface area contributed by atoms with E-state index in [0.29, 0.717) is 0 Å². The van der Waals surface area contributed by atoms with E-state index in [-0.39, 0.29) is 0 Å². The fourth-order valence-corrected chi connectivity index (χ4v) is 5.08. The van der Waals surface area contributed by atoms with Crippen molar-refractivity contribution in [3.05, 3.63) is 131 Å². The van der Waals surface area contributed by atoms with Gasteiger partial charge >= 0.3 is 0 Å². The van der Waals surface area contributed by atoms with Gasteiger partial charge in [-0.15, -0.1) is 0 Å². The van der Waals surface area contributed by atoms with Crippen LogP contribution >= 0.6 is 0 Å². The highest BCUT2D eigenvalue weighted by molar-refractivity contribution is 5.27. The van der Waals surface area contributed by atoms with Crippen molar-refractivity contribution in [1.82, 2.24) is 31.1 Å². The van der Waals surface area contributed by atoms with E-state index in [1.165, 1.54) is 33.9 Å². The molecule has 6 heteroatoms. The smallest absolute Gasteiger partial charge is 0.0389 e. The highest BCUT2D eigenvalue weighted by Crippen LogP contribution is 2.16. The Hall–Kier alpha value is -3.74. The second-order valence-electron chi connectivity index (χ2n) is 10.1. The molecule has 0 spiro atoms. The van der Waals surface area contributed by atoms with E-state index in [1.54, 1.807) is 0 Å². The zero-order valence-corrected chi connectivity index (χ0v) is 22.2. The van der Waals surface area contributed by atoms with Crippen molar-refractivity contribution in [3.8, 4) is 0 Å². The molecule has 5 rings (SSSR count). The number of benzene rings is 1. The van der Waals surface area contributed by atoms with Crippen molar-refractivity contribution in [3.63, 3.8) is 0 Å². The molecule has 4 aliphatic rings. The first kappa shape index (κ1) is 25.9. The summed E-state index contributed by atoms with van der Waals surface area (Å²) >= 11 is 0. The molecule has 4 N–H and O–H groups in total. The average Bonchev–Trinajstić information content (AvgIpc) is 2.95. The maximum Gasteiger partial charge on any atom is 0.0389 e. The molecule has 0 saturated carbocycles. The summed E-state index contributed by atoms with van der Waals surface area (Å²) in [5, 5.41) is 14.1. The number of hydrogen-bond donors (Lipinski definition) is 4. The van der Waals surface area contributed by atoms with Gasteiger partial charge in [-0.2, -0.15) is 0 Å². The van der Waals surface area contributed by atoms with E-state index in [4.69, 9.17) is 0 Å². The zero-order chi connectivity index (χ0) is 25.8. The number of rotatable bonds is 12. The van der Waals surface area contributed by atoms with E-state index in [2.05, 4.69) is 128 Å². The summed E-state index contributed by atoms with van der Waals surface area (Å²) in [5.74, 6) is 0. The van der Waals surface area contributed by atoms with Crippen LogP contribution in [-0.4, -0.2) is 62.2 Å². The summed E-state index contributed by atoms with van der Waals surface area (Å²) < 4.78 is 0. The monoisotopic (exact) mass is 508 g/mol. The summed E-state index contributed by atoms with van der Waals surface area (Å²) in [6, 6.07) is 9.12. The maximum atomic E-state index is 3.53. The average molecular weight is 509 g/mol. The van der Waals surface area contributed by atoms with Crippen LogP contribution in [0.2, 0.25) is 0 Å². The van der Waals surface area contributed by atoms with Gasteiger partial charge in [0.05, 0.1) is 0 Å². The minimum atomic E-state index is 0.893. The van der Waals surface area contributed by atoms with Crippen LogP contribution in [0.3, 0.4) is 0 Å². The molecule has 38 heavy (non-hydrogen) atoms. The SMILES string of the molecule is C1=CCNC(CN(CC2=CC=CCN2)Cc2cccc(CN(CC3=CC=CCN3)CC3=CC=CCN3)c2)=C1. The summed E-state index contributed by atoms with van der Waals surface area (Å²) in [4.78, 5) is 5.03. The molecule has 0 amide bonds. The van der Waals surface area contributed by atoms with Crippen molar-refractivity contribution in [2.75, 3.05) is 52.4 Å². The minimum absolute atomic E-state index is 0.893. The molecule has 0 atom stereocenters. The molecular weight excluding hydrogens is 468 g/mol. The minimum Gasteiger partial charge on any atom is -0.384 e. The molecule has 198 valence electrons. The summed E-state index contributed by atoms with van der Waals surface area (Å²) in [6.07, 6.45) is 26.0. The quantitative estimate of drug-likeness (QED) is 0.347. The number of dihydropyridines is 4. The Labute approximate surface area is 227 Å². The van der Waals surface area contributed by atoms with Crippen LogP contribution in [0.5, 0.6) is 0 Å². The molecular formula is C32H40N6. The Morgan fingerprint density at radius 2 is 0.816 bits per heavy atom. The Morgan fingerprint density at radius 1 is 0.474 bits per heavy atom. The molecule has 0 bridgehead atoms. The van der Waals surface area contributed by atoms with Gasteiger partial charge in [-0.3, -0.25) is 9.80 Å². The zero-order valence-electron chi connectivity index (χ0n) is 22.2. The molecule has 0 aliphatic carbocycles. The van der Waals surface area contributed by atoms with Crippen LogP contribution < -0.4 is 21.3 Å². The molecule has 1 aromatic carbocycles. The Kier molecular flexibility index (Phi) is 9.34. The van der Waals surface area contributed by atoms with Crippen LogP contribution in [0.4, 0.5) is 0 Å². The van der Waals surface area contributed by atoms with E-state index in [1.807, 2.05) is 0 Å². The molecule has 6 nitrogen and oxygen atoms in total. The molecule has 0 aromatic heterocycles. The van der Waals surface area contributed by atoms with Gasteiger partial charge in [0.2, 0.25) is 0 Å². The van der Waals surface area contributed by atoms with E-state index in [9.17, 15) is 0 Å². The van der Waals surface area contributed by atoms with Gasteiger partial charge in [-0.1, -0.05) is 72.9 Å². The second-order valence-corrected chi connectivity index (χ2v) is 10.1. The third-order valence-electron chi connectivity index (χ3n) is 6.90. The van der Waals surface area contributed by atoms with Gasteiger partial charge in [0, 0.05) is 88.2 Å². The predicted molar refractivity (Wildman–Crippen MR) is 158 cm³/mol. The summed E-state index contributed by atoms with van der Waals surface area (Å²) in [6.45, 7) is 8.96.